The summed E-state index contributed by atoms with van der Waals surface area (Å²) in [6.07, 6.45) is 0.580. The Hall–Kier alpha value is -4.21. The van der Waals surface area contributed by atoms with E-state index in [1.54, 1.807) is 17.9 Å². The summed E-state index contributed by atoms with van der Waals surface area (Å²) >= 11 is 0. The molecule has 0 spiro atoms. The second-order valence-corrected chi connectivity index (χ2v) is 8.45. The number of hydrogen-bond donors (Lipinski definition) is 0. The molecule has 1 amide bonds. The molecule has 3 heterocycles. The van der Waals surface area contributed by atoms with E-state index in [0.717, 1.165) is 16.6 Å². The average Bonchev–Trinajstić information content (AvgIpc) is 3.39. The van der Waals surface area contributed by atoms with Crippen molar-refractivity contribution in [2.45, 2.75) is 19.8 Å². The molecule has 1 saturated heterocycles. The van der Waals surface area contributed by atoms with Crippen molar-refractivity contribution in [1.82, 2.24) is 25.1 Å². The third kappa shape index (κ3) is 4.46. The van der Waals surface area contributed by atoms with Crippen LogP contribution >= 0.6 is 0 Å². The molecule has 2 aromatic heterocycles. The van der Waals surface area contributed by atoms with E-state index in [1.807, 2.05) is 54.3 Å². The van der Waals surface area contributed by atoms with Crippen molar-refractivity contribution in [2.24, 2.45) is 0 Å². The van der Waals surface area contributed by atoms with Gasteiger partial charge in [-0.1, -0.05) is 23.3 Å². The normalized spacial score (nSPS) is 13.9. The van der Waals surface area contributed by atoms with Gasteiger partial charge in [0, 0.05) is 49.6 Å². The molecule has 2 aromatic carbocycles. The Morgan fingerprint density at radius 2 is 1.86 bits per heavy atom. The van der Waals surface area contributed by atoms with Gasteiger partial charge in [0.2, 0.25) is 11.9 Å². The topological polar surface area (TPSA) is 107 Å². The van der Waals surface area contributed by atoms with Gasteiger partial charge >= 0.3 is 5.63 Å². The van der Waals surface area contributed by atoms with Crippen molar-refractivity contribution in [3.05, 3.63) is 70.1 Å². The van der Waals surface area contributed by atoms with Crippen LogP contribution in [0.3, 0.4) is 0 Å². The van der Waals surface area contributed by atoms with E-state index in [1.165, 1.54) is 0 Å². The van der Waals surface area contributed by atoms with Crippen LogP contribution < -0.4 is 15.3 Å². The number of aryl methyl sites for hydroxylation is 1. The van der Waals surface area contributed by atoms with Crippen molar-refractivity contribution in [3.63, 3.8) is 0 Å². The molecule has 10 nitrogen and oxygen atoms in total. The first kappa shape index (κ1) is 22.6. The number of nitrogens with zero attached hydrogens (tertiary/aromatic N) is 6. The fourth-order valence-electron chi connectivity index (χ4n) is 4.45. The van der Waals surface area contributed by atoms with Gasteiger partial charge in [0.05, 0.1) is 12.8 Å². The van der Waals surface area contributed by atoms with Crippen LogP contribution in [0.15, 0.2) is 57.7 Å². The molecule has 1 aliphatic rings. The number of methoxy groups -OCH3 is 1. The molecular weight excluding hydrogens is 448 g/mol. The van der Waals surface area contributed by atoms with Crippen LogP contribution in [0.25, 0.3) is 16.7 Å². The summed E-state index contributed by atoms with van der Waals surface area (Å²) in [5, 5.41) is 13.0. The van der Waals surface area contributed by atoms with Gasteiger partial charge in [-0.2, -0.15) is 4.68 Å². The van der Waals surface area contributed by atoms with E-state index < -0.39 is 5.63 Å². The highest BCUT2D eigenvalue weighted by Gasteiger charge is 2.25. The number of ether oxygens (including phenoxy) is 1. The maximum absolute atomic E-state index is 12.9. The number of hydrogen-bond acceptors (Lipinski definition) is 8. The fraction of sp³-hybridized carbons (Fsp3) is 0.320. The van der Waals surface area contributed by atoms with Crippen molar-refractivity contribution in [3.8, 4) is 11.4 Å². The third-order valence-corrected chi connectivity index (χ3v) is 6.45. The highest BCUT2D eigenvalue weighted by atomic mass is 16.5. The second kappa shape index (κ2) is 9.57. The van der Waals surface area contributed by atoms with E-state index >= 15 is 0 Å². The smallest absolute Gasteiger partial charge is 0.339 e. The standard InChI is InChI=1S/C25H26N6O4/c1-17-20-9-8-19(34-2)16-22(20)35-24(33)21(17)10-11-23(32)29-12-14-30(15-13-29)25-26-27-28-31(25)18-6-4-3-5-7-18/h3-9,16H,10-15H2,1-2H3. The number of rotatable bonds is 6. The number of para-hydroxylation sites is 1. The number of carbonyl (C=O) groups is 1. The van der Waals surface area contributed by atoms with Gasteiger partial charge in [-0.25, -0.2) is 4.79 Å². The first-order valence-electron chi connectivity index (χ1n) is 11.5. The first-order valence-corrected chi connectivity index (χ1v) is 11.5. The summed E-state index contributed by atoms with van der Waals surface area (Å²) in [7, 11) is 1.57. The fourth-order valence-corrected chi connectivity index (χ4v) is 4.45. The zero-order valence-electron chi connectivity index (χ0n) is 19.7. The highest BCUT2D eigenvalue weighted by molar-refractivity contribution is 5.83. The zero-order chi connectivity index (χ0) is 24.4. The van der Waals surface area contributed by atoms with E-state index in [-0.39, 0.29) is 12.3 Å². The summed E-state index contributed by atoms with van der Waals surface area (Å²) < 4.78 is 12.4. The van der Waals surface area contributed by atoms with Gasteiger partial charge < -0.3 is 19.0 Å². The monoisotopic (exact) mass is 474 g/mol. The van der Waals surface area contributed by atoms with Crippen LogP contribution in [-0.2, 0) is 11.2 Å². The number of carbonyl (C=O) groups excluding carboxylic acids is 1. The number of aromatic nitrogens is 4. The quantitative estimate of drug-likeness (QED) is 0.392. The Balaban J connectivity index is 1.23. The van der Waals surface area contributed by atoms with Crippen molar-refractivity contribution in [2.75, 3.05) is 38.2 Å². The number of anilines is 1. The van der Waals surface area contributed by atoms with Gasteiger partial charge in [-0.3, -0.25) is 4.79 Å². The molecule has 35 heavy (non-hydrogen) atoms. The first-order chi connectivity index (χ1) is 17.0. The van der Waals surface area contributed by atoms with Crippen molar-refractivity contribution in [1.29, 1.82) is 0 Å². The van der Waals surface area contributed by atoms with Gasteiger partial charge in [0.1, 0.15) is 11.3 Å². The molecule has 1 fully saturated rings. The van der Waals surface area contributed by atoms with Gasteiger partial charge in [-0.15, -0.1) is 0 Å². The molecule has 180 valence electrons. The molecule has 0 bridgehead atoms. The van der Waals surface area contributed by atoms with Crippen LogP contribution in [0.1, 0.15) is 17.5 Å². The maximum atomic E-state index is 12.9. The lowest BCUT2D eigenvalue weighted by atomic mass is 10.0. The number of amides is 1. The number of tetrazole rings is 1. The molecule has 4 aromatic rings. The van der Waals surface area contributed by atoms with E-state index in [4.69, 9.17) is 9.15 Å². The number of piperazine rings is 1. The lowest BCUT2D eigenvalue weighted by molar-refractivity contribution is -0.131. The maximum Gasteiger partial charge on any atom is 0.339 e. The molecule has 1 aliphatic heterocycles. The summed E-state index contributed by atoms with van der Waals surface area (Å²) in [5.41, 5.74) is 2.33. The summed E-state index contributed by atoms with van der Waals surface area (Å²) in [5.74, 6) is 1.30. The Morgan fingerprint density at radius 3 is 2.60 bits per heavy atom. The third-order valence-electron chi connectivity index (χ3n) is 6.45. The van der Waals surface area contributed by atoms with Gasteiger partial charge in [0.15, 0.2) is 0 Å². The Kier molecular flexibility index (Phi) is 6.17. The molecule has 10 heteroatoms. The highest BCUT2D eigenvalue weighted by Crippen LogP contribution is 2.25. The van der Waals surface area contributed by atoms with E-state index in [2.05, 4.69) is 20.4 Å². The van der Waals surface area contributed by atoms with Crippen LogP contribution in [-0.4, -0.2) is 64.3 Å². The van der Waals surface area contributed by atoms with E-state index in [0.29, 0.717) is 55.4 Å². The molecule has 0 N–H and O–H groups in total. The lowest BCUT2D eigenvalue weighted by Gasteiger charge is -2.34. The Labute approximate surface area is 201 Å². The SMILES string of the molecule is COc1ccc2c(C)c(CCC(=O)N3CCN(c4nnnn4-c4ccccc4)CC3)c(=O)oc2c1. The molecule has 0 atom stereocenters. The van der Waals surface area contributed by atoms with Crippen LogP contribution in [0.2, 0.25) is 0 Å². The summed E-state index contributed by atoms with van der Waals surface area (Å²) in [6.45, 7) is 4.26. The molecule has 0 saturated carbocycles. The summed E-state index contributed by atoms with van der Waals surface area (Å²) in [6, 6.07) is 15.1. The zero-order valence-corrected chi connectivity index (χ0v) is 19.7. The Bertz CT molecular complexity index is 1410. The Morgan fingerprint density at radius 1 is 1.09 bits per heavy atom. The molecule has 0 radical (unpaired) electrons. The predicted octanol–water partition coefficient (Wildman–Crippen LogP) is 2.37. The van der Waals surface area contributed by atoms with Crippen molar-refractivity contribution >= 4 is 22.8 Å². The van der Waals surface area contributed by atoms with Gasteiger partial charge in [-0.05, 0) is 53.6 Å². The minimum absolute atomic E-state index is 0.0147. The second-order valence-electron chi connectivity index (χ2n) is 8.45. The molecule has 0 unspecified atom stereocenters. The van der Waals surface area contributed by atoms with Crippen LogP contribution in [0.5, 0.6) is 5.75 Å². The molecule has 5 rings (SSSR count). The minimum atomic E-state index is -0.409. The van der Waals surface area contributed by atoms with Gasteiger partial charge in [0.25, 0.3) is 0 Å². The van der Waals surface area contributed by atoms with Crippen LogP contribution in [0.4, 0.5) is 5.95 Å². The van der Waals surface area contributed by atoms with Crippen molar-refractivity contribution < 1.29 is 13.9 Å². The number of benzene rings is 2. The predicted molar refractivity (Wildman–Crippen MR) is 130 cm³/mol. The number of fused-ring (bicyclic) bond motifs is 1. The molecular formula is C25H26N6O4. The van der Waals surface area contributed by atoms with Crippen LogP contribution in [0, 0.1) is 6.92 Å². The molecule has 0 aliphatic carbocycles. The lowest BCUT2D eigenvalue weighted by Crippen LogP contribution is -2.49. The minimum Gasteiger partial charge on any atom is -0.497 e. The largest absolute Gasteiger partial charge is 0.497 e. The van der Waals surface area contributed by atoms with E-state index in [9.17, 15) is 9.59 Å². The average molecular weight is 475 g/mol. The summed E-state index contributed by atoms with van der Waals surface area (Å²) in [4.78, 5) is 29.4.